The zero-order valence-corrected chi connectivity index (χ0v) is 17.5. The Morgan fingerprint density at radius 2 is 1.69 bits per heavy atom. The first kappa shape index (κ1) is 21.1. The lowest BCUT2D eigenvalue weighted by molar-refractivity contribution is -0.115. The molecule has 1 amide bonds. The minimum atomic E-state index is -3.61. The number of rotatable bonds is 7. The van der Waals surface area contributed by atoms with E-state index in [4.69, 9.17) is 9.47 Å². The molecule has 1 fully saturated rings. The van der Waals surface area contributed by atoms with Crippen LogP contribution >= 0.6 is 0 Å². The second kappa shape index (κ2) is 9.28. The highest BCUT2D eigenvalue weighted by Crippen LogP contribution is 2.30. The summed E-state index contributed by atoms with van der Waals surface area (Å²) in [4.78, 5) is 12.7. The number of nitrogens with one attached hydrogen (secondary N) is 1. The van der Waals surface area contributed by atoms with Gasteiger partial charge >= 0.3 is 0 Å². The number of methoxy groups -OCH3 is 2. The Labute approximate surface area is 171 Å². The van der Waals surface area contributed by atoms with Crippen LogP contribution in [0.15, 0.2) is 47.4 Å². The third kappa shape index (κ3) is 4.89. The van der Waals surface area contributed by atoms with Crippen molar-refractivity contribution in [2.24, 2.45) is 0 Å². The van der Waals surface area contributed by atoms with Crippen LogP contribution in [-0.2, 0) is 21.2 Å². The number of para-hydroxylation sites is 1. The Morgan fingerprint density at radius 1 is 1.00 bits per heavy atom. The lowest BCUT2D eigenvalue weighted by atomic mass is 10.1. The third-order valence-corrected chi connectivity index (χ3v) is 6.84. The van der Waals surface area contributed by atoms with Crippen molar-refractivity contribution in [1.29, 1.82) is 0 Å². The summed E-state index contributed by atoms with van der Waals surface area (Å²) in [6.45, 7) is 1.04. The second-order valence-electron chi connectivity index (χ2n) is 6.86. The van der Waals surface area contributed by atoms with E-state index in [1.165, 1.54) is 23.5 Å². The molecule has 0 atom stereocenters. The van der Waals surface area contributed by atoms with E-state index in [1.54, 1.807) is 19.2 Å². The first-order valence-corrected chi connectivity index (χ1v) is 11.0. The molecular weight excluding hydrogens is 392 g/mol. The number of carbonyl (C=O) groups is 1. The molecule has 0 bridgehead atoms. The van der Waals surface area contributed by atoms with E-state index in [1.807, 2.05) is 18.2 Å². The van der Waals surface area contributed by atoms with Crippen molar-refractivity contribution in [2.45, 2.75) is 30.6 Å². The van der Waals surface area contributed by atoms with Crippen molar-refractivity contribution in [3.63, 3.8) is 0 Å². The van der Waals surface area contributed by atoms with Crippen molar-refractivity contribution in [2.75, 3.05) is 32.6 Å². The summed E-state index contributed by atoms with van der Waals surface area (Å²) in [7, 11) is -0.582. The van der Waals surface area contributed by atoms with E-state index in [0.29, 0.717) is 30.3 Å². The molecule has 1 N–H and O–H groups in total. The van der Waals surface area contributed by atoms with Crippen LogP contribution < -0.4 is 14.8 Å². The molecule has 2 aromatic carbocycles. The maximum atomic E-state index is 13.0. The number of carbonyl (C=O) groups excluding carboxylic acids is 1. The van der Waals surface area contributed by atoms with Gasteiger partial charge in [-0.3, -0.25) is 4.79 Å². The van der Waals surface area contributed by atoms with Crippen LogP contribution in [0.2, 0.25) is 0 Å². The Hall–Kier alpha value is -2.58. The van der Waals surface area contributed by atoms with Crippen LogP contribution in [0, 0.1) is 0 Å². The molecule has 0 spiro atoms. The number of benzene rings is 2. The first-order chi connectivity index (χ1) is 14.0. The number of piperidine rings is 1. The summed E-state index contributed by atoms with van der Waals surface area (Å²) in [5.74, 6) is 0.729. The van der Waals surface area contributed by atoms with Gasteiger partial charge in [-0.05, 0) is 37.1 Å². The van der Waals surface area contributed by atoms with E-state index in [9.17, 15) is 13.2 Å². The third-order valence-electron chi connectivity index (χ3n) is 4.94. The van der Waals surface area contributed by atoms with Gasteiger partial charge in [0.05, 0.1) is 31.2 Å². The van der Waals surface area contributed by atoms with Crippen molar-refractivity contribution in [3.05, 3.63) is 48.0 Å². The highest BCUT2D eigenvalue weighted by molar-refractivity contribution is 7.89. The minimum absolute atomic E-state index is 0.0935. The van der Waals surface area contributed by atoms with Crippen molar-refractivity contribution >= 4 is 21.6 Å². The molecule has 0 unspecified atom stereocenters. The Morgan fingerprint density at radius 3 is 2.38 bits per heavy atom. The van der Waals surface area contributed by atoms with Gasteiger partial charge in [0.15, 0.2) is 0 Å². The number of hydrogen-bond acceptors (Lipinski definition) is 5. The fraction of sp³-hybridized carbons (Fsp3) is 0.381. The molecule has 1 heterocycles. The molecule has 0 aliphatic carbocycles. The summed E-state index contributed by atoms with van der Waals surface area (Å²) in [6.07, 6.45) is 2.85. The lowest BCUT2D eigenvalue weighted by Gasteiger charge is -2.26. The fourth-order valence-electron chi connectivity index (χ4n) is 3.42. The zero-order valence-electron chi connectivity index (χ0n) is 16.7. The summed E-state index contributed by atoms with van der Waals surface area (Å²) in [5, 5.41) is 2.77. The van der Waals surface area contributed by atoms with Crippen LogP contribution in [0.3, 0.4) is 0 Å². The van der Waals surface area contributed by atoms with Crippen LogP contribution in [0.4, 0.5) is 5.69 Å². The summed E-state index contributed by atoms with van der Waals surface area (Å²) in [5.41, 5.74) is 1.06. The van der Waals surface area contributed by atoms with Crippen molar-refractivity contribution in [3.8, 4) is 11.5 Å². The molecule has 156 valence electrons. The molecule has 0 saturated carbocycles. The van der Waals surface area contributed by atoms with Crippen LogP contribution in [-0.4, -0.2) is 45.9 Å². The molecule has 7 nitrogen and oxygen atoms in total. The molecular formula is C21H26N2O5S. The molecule has 0 radical (unpaired) electrons. The second-order valence-corrected chi connectivity index (χ2v) is 8.80. The Bertz CT molecular complexity index is 969. The average Bonchev–Trinajstić information content (AvgIpc) is 2.74. The van der Waals surface area contributed by atoms with Gasteiger partial charge in [-0.25, -0.2) is 8.42 Å². The smallest absolute Gasteiger partial charge is 0.243 e. The van der Waals surface area contributed by atoms with Crippen molar-refractivity contribution < 1.29 is 22.7 Å². The van der Waals surface area contributed by atoms with Gasteiger partial charge < -0.3 is 14.8 Å². The molecule has 1 aliphatic rings. The Balaban J connectivity index is 1.82. The molecule has 1 aliphatic heterocycles. The largest absolute Gasteiger partial charge is 0.496 e. The predicted octanol–water partition coefficient (Wildman–Crippen LogP) is 3.06. The maximum absolute atomic E-state index is 13.0. The van der Waals surface area contributed by atoms with Crippen LogP contribution in [0.1, 0.15) is 24.8 Å². The topological polar surface area (TPSA) is 84.9 Å². The molecule has 0 aromatic heterocycles. The average molecular weight is 419 g/mol. The van der Waals surface area contributed by atoms with Crippen molar-refractivity contribution in [1.82, 2.24) is 4.31 Å². The number of sulfonamides is 1. The standard InChI is InChI=1S/C21H26N2O5S/c1-27-19-9-5-4-8-16(19)14-21(24)22-18-15-17(10-11-20(18)28-2)29(25,26)23-12-6-3-7-13-23/h4-5,8-11,15H,3,6-7,12-14H2,1-2H3,(H,22,24). The predicted molar refractivity (Wildman–Crippen MR) is 111 cm³/mol. The maximum Gasteiger partial charge on any atom is 0.243 e. The summed E-state index contributed by atoms with van der Waals surface area (Å²) >= 11 is 0. The normalized spacial score (nSPS) is 15.0. The van der Waals surface area contributed by atoms with Gasteiger partial charge in [-0.15, -0.1) is 0 Å². The Kier molecular flexibility index (Phi) is 6.76. The SMILES string of the molecule is COc1ccccc1CC(=O)Nc1cc(S(=O)(=O)N2CCCCC2)ccc1OC. The van der Waals surface area contributed by atoms with Gasteiger partial charge in [0.25, 0.3) is 0 Å². The molecule has 29 heavy (non-hydrogen) atoms. The fourth-order valence-corrected chi connectivity index (χ4v) is 4.96. The van der Waals surface area contributed by atoms with E-state index in [2.05, 4.69) is 5.32 Å². The van der Waals surface area contributed by atoms with E-state index < -0.39 is 10.0 Å². The van der Waals surface area contributed by atoms with E-state index in [0.717, 1.165) is 24.8 Å². The zero-order chi connectivity index (χ0) is 20.9. The molecule has 2 aromatic rings. The monoisotopic (exact) mass is 418 g/mol. The quantitative estimate of drug-likeness (QED) is 0.747. The van der Waals surface area contributed by atoms with Crippen LogP contribution in [0.5, 0.6) is 11.5 Å². The number of amides is 1. The highest BCUT2D eigenvalue weighted by Gasteiger charge is 2.27. The van der Waals surface area contributed by atoms with Crippen LogP contribution in [0.25, 0.3) is 0 Å². The highest BCUT2D eigenvalue weighted by atomic mass is 32.2. The number of ether oxygens (including phenoxy) is 2. The minimum Gasteiger partial charge on any atom is -0.496 e. The van der Waals surface area contributed by atoms with Gasteiger partial charge in [0.1, 0.15) is 11.5 Å². The first-order valence-electron chi connectivity index (χ1n) is 9.55. The van der Waals surface area contributed by atoms with E-state index in [-0.39, 0.29) is 17.2 Å². The van der Waals surface area contributed by atoms with E-state index >= 15 is 0 Å². The summed E-state index contributed by atoms with van der Waals surface area (Å²) < 4.78 is 38.0. The summed E-state index contributed by atoms with van der Waals surface area (Å²) in [6, 6.07) is 11.8. The van der Waals surface area contributed by atoms with Gasteiger partial charge in [0, 0.05) is 18.7 Å². The van der Waals surface area contributed by atoms with Gasteiger partial charge in [0.2, 0.25) is 15.9 Å². The molecule has 3 rings (SSSR count). The lowest BCUT2D eigenvalue weighted by Crippen LogP contribution is -2.35. The van der Waals surface area contributed by atoms with Gasteiger partial charge in [-0.2, -0.15) is 4.31 Å². The number of nitrogens with zero attached hydrogens (tertiary/aromatic N) is 1. The molecule has 8 heteroatoms. The molecule has 1 saturated heterocycles. The number of hydrogen-bond donors (Lipinski definition) is 1. The number of anilines is 1. The van der Waals surface area contributed by atoms with Gasteiger partial charge in [-0.1, -0.05) is 24.6 Å².